The van der Waals surface area contributed by atoms with Crippen LogP contribution in [0.15, 0.2) is 6.07 Å². The van der Waals surface area contributed by atoms with Gasteiger partial charge in [0, 0.05) is 25.5 Å². The third-order valence-corrected chi connectivity index (χ3v) is 3.02. The third kappa shape index (κ3) is 3.48. The summed E-state index contributed by atoms with van der Waals surface area (Å²) in [7, 11) is 0. The minimum atomic E-state index is 0.0338. The number of carbonyl (C=O) groups is 1. The SMILES string of the molecule is CCCN(CCCl)C(=O)c1cc(CC)nn1CC. The summed E-state index contributed by atoms with van der Waals surface area (Å²) in [6, 6.07) is 1.89. The molecule has 0 saturated heterocycles. The van der Waals surface area contributed by atoms with E-state index in [1.54, 1.807) is 9.58 Å². The molecule has 0 unspecified atom stereocenters. The lowest BCUT2D eigenvalue weighted by atomic mass is 10.2. The average Bonchev–Trinajstić information content (AvgIpc) is 2.81. The topological polar surface area (TPSA) is 38.1 Å². The highest BCUT2D eigenvalue weighted by Gasteiger charge is 2.19. The maximum atomic E-state index is 12.4. The number of rotatable bonds is 7. The molecule has 4 nitrogen and oxygen atoms in total. The van der Waals surface area contributed by atoms with Gasteiger partial charge in [0.1, 0.15) is 5.69 Å². The van der Waals surface area contributed by atoms with Crippen molar-refractivity contribution in [3.63, 3.8) is 0 Å². The molecule has 102 valence electrons. The molecule has 0 atom stereocenters. The molecule has 0 aliphatic heterocycles. The lowest BCUT2D eigenvalue weighted by Gasteiger charge is -2.21. The van der Waals surface area contributed by atoms with Gasteiger partial charge in [0.15, 0.2) is 0 Å². The first-order chi connectivity index (χ1) is 8.67. The Bertz CT molecular complexity index is 384. The van der Waals surface area contributed by atoms with Gasteiger partial charge in [-0.3, -0.25) is 9.48 Å². The van der Waals surface area contributed by atoms with Crippen LogP contribution in [0.5, 0.6) is 0 Å². The van der Waals surface area contributed by atoms with E-state index in [-0.39, 0.29) is 5.91 Å². The van der Waals surface area contributed by atoms with Crippen molar-refractivity contribution >= 4 is 17.5 Å². The highest BCUT2D eigenvalue weighted by atomic mass is 35.5. The van der Waals surface area contributed by atoms with E-state index in [1.807, 2.05) is 19.9 Å². The van der Waals surface area contributed by atoms with E-state index in [1.165, 1.54) is 0 Å². The lowest BCUT2D eigenvalue weighted by Crippen LogP contribution is -2.34. The van der Waals surface area contributed by atoms with Gasteiger partial charge < -0.3 is 4.90 Å². The van der Waals surface area contributed by atoms with Crippen LogP contribution < -0.4 is 0 Å². The molecule has 0 spiro atoms. The molecule has 5 heteroatoms. The number of halogens is 1. The zero-order valence-corrected chi connectivity index (χ0v) is 12.2. The number of hydrogen-bond donors (Lipinski definition) is 0. The molecular formula is C13H22ClN3O. The summed E-state index contributed by atoms with van der Waals surface area (Å²) < 4.78 is 1.78. The predicted octanol–water partition coefficient (Wildman–Crippen LogP) is 2.56. The van der Waals surface area contributed by atoms with E-state index in [2.05, 4.69) is 12.0 Å². The second-order valence-corrected chi connectivity index (χ2v) is 4.55. The molecule has 18 heavy (non-hydrogen) atoms. The minimum Gasteiger partial charge on any atom is -0.336 e. The van der Waals surface area contributed by atoms with Crippen LogP contribution >= 0.6 is 11.6 Å². The molecule has 1 amide bonds. The van der Waals surface area contributed by atoms with Gasteiger partial charge in [0.05, 0.1) is 5.69 Å². The molecule has 0 aliphatic carbocycles. The Balaban J connectivity index is 2.95. The first-order valence-corrected chi connectivity index (χ1v) is 7.13. The van der Waals surface area contributed by atoms with Crippen LogP contribution in [0.2, 0.25) is 0 Å². The highest BCUT2D eigenvalue weighted by Crippen LogP contribution is 2.10. The fourth-order valence-electron chi connectivity index (χ4n) is 1.90. The van der Waals surface area contributed by atoms with E-state index in [9.17, 15) is 4.79 Å². The predicted molar refractivity (Wildman–Crippen MR) is 74.2 cm³/mol. The van der Waals surface area contributed by atoms with E-state index < -0.39 is 0 Å². The fraction of sp³-hybridized carbons (Fsp3) is 0.692. The van der Waals surface area contributed by atoms with Crippen LogP contribution in [0.4, 0.5) is 0 Å². The molecule has 1 aromatic rings. The molecule has 0 N–H and O–H groups in total. The van der Waals surface area contributed by atoms with E-state index >= 15 is 0 Å². The Morgan fingerprint density at radius 3 is 2.61 bits per heavy atom. The zero-order chi connectivity index (χ0) is 13.5. The molecule has 0 aromatic carbocycles. The summed E-state index contributed by atoms with van der Waals surface area (Å²) in [5.41, 5.74) is 1.63. The van der Waals surface area contributed by atoms with E-state index in [0.717, 1.165) is 25.1 Å². The van der Waals surface area contributed by atoms with Crippen LogP contribution in [0.3, 0.4) is 0 Å². The van der Waals surface area contributed by atoms with Crippen LogP contribution in [0.1, 0.15) is 43.4 Å². The van der Waals surface area contributed by atoms with Gasteiger partial charge in [-0.15, -0.1) is 11.6 Å². The van der Waals surface area contributed by atoms with Crippen LogP contribution in [0, 0.1) is 0 Å². The highest BCUT2D eigenvalue weighted by molar-refractivity contribution is 6.18. The van der Waals surface area contributed by atoms with Crippen molar-refractivity contribution in [3.05, 3.63) is 17.5 Å². The smallest absolute Gasteiger partial charge is 0.272 e. The van der Waals surface area contributed by atoms with Crippen molar-refractivity contribution in [1.82, 2.24) is 14.7 Å². The third-order valence-electron chi connectivity index (χ3n) is 2.85. The second kappa shape index (κ2) is 7.41. The normalized spacial score (nSPS) is 10.7. The largest absolute Gasteiger partial charge is 0.336 e. The number of hydrogen-bond acceptors (Lipinski definition) is 2. The molecule has 0 radical (unpaired) electrons. The number of aromatic nitrogens is 2. The number of amides is 1. The van der Waals surface area contributed by atoms with Crippen molar-refractivity contribution in [2.75, 3.05) is 19.0 Å². The van der Waals surface area contributed by atoms with Gasteiger partial charge in [-0.05, 0) is 25.8 Å². The summed E-state index contributed by atoms with van der Waals surface area (Å²) in [4.78, 5) is 14.2. The summed E-state index contributed by atoms with van der Waals surface area (Å²) in [6.07, 6.45) is 1.78. The van der Waals surface area contributed by atoms with Crippen LogP contribution in [0.25, 0.3) is 0 Å². The molecule has 0 aliphatic rings. The Labute approximate surface area is 114 Å². The maximum absolute atomic E-state index is 12.4. The fourth-order valence-corrected chi connectivity index (χ4v) is 2.11. The first-order valence-electron chi connectivity index (χ1n) is 6.59. The molecule has 0 bridgehead atoms. The van der Waals surface area contributed by atoms with Gasteiger partial charge in [0.2, 0.25) is 0 Å². The Morgan fingerprint density at radius 1 is 1.39 bits per heavy atom. The van der Waals surface area contributed by atoms with Gasteiger partial charge >= 0.3 is 0 Å². The number of carbonyl (C=O) groups excluding carboxylic acids is 1. The van der Waals surface area contributed by atoms with Gasteiger partial charge in [-0.25, -0.2) is 0 Å². The molecule has 0 fully saturated rings. The second-order valence-electron chi connectivity index (χ2n) is 4.17. The number of aryl methyl sites for hydroxylation is 2. The first kappa shape index (κ1) is 15.0. The van der Waals surface area contributed by atoms with Crippen molar-refractivity contribution in [2.45, 2.75) is 40.2 Å². The van der Waals surface area contributed by atoms with Gasteiger partial charge in [-0.1, -0.05) is 13.8 Å². The number of alkyl halides is 1. The lowest BCUT2D eigenvalue weighted by molar-refractivity contribution is 0.0753. The quantitative estimate of drug-likeness (QED) is 0.715. The van der Waals surface area contributed by atoms with Crippen molar-refractivity contribution < 1.29 is 4.79 Å². The van der Waals surface area contributed by atoms with Crippen molar-refractivity contribution in [1.29, 1.82) is 0 Å². The van der Waals surface area contributed by atoms with Gasteiger partial charge in [-0.2, -0.15) is 5.10 Å². The van der Waals surface area contributed by atoms with Crippen molar-refractivity contribution in [3.8, 4) is 0 Å². The summed E-state index contributed by atoms with van der Waals surface area (Å²) in [5.74, 6) is 0.499. The Kier molecular flexibility index (Phi) is 6.19. The van der Waals surface area contributed by atoms with E-state index in [0.29, 0.717) is 24.7 Å². The maximum Gasteiger partial charge on any atom is 0.272 e. The standard InChI is InChI=1S/C13H22ClN3O/c1-4-8-16(9-7-14)13(18)12-10-11(5-2)15-17(12)6-3/h10H,4-9H2,1-3H3. The number of nitrogens with zero attached hydrogens (tertiary/aromatic N) is 3. The van der Waals surface area contributed by atoms with E-state index in [4.69, 9.17) is 11.6 Å². The summed E-state index contributed by atoms with van der Waals surface area (Å²) >= 11 is 5.75. The van der Waals surface area contributed by atoms with Crippen molar-refractivity contribution in [2.24, 2.45) is 0 Å². The van der Waals surface area contributed by atoms with Crippen LogP contribution in [-0.4, -0.2) is 39.6 Å². The molecule has 1 heterocycles. The van der Waals surface area contributed by atoms with Gasteiger partial charge in [0.25, 0.3) is 5.91 Å². The summed E-state index contributed by atoms with van der Waals surface area (Å²) in [6.45, 7) is 8.13. The molecule has 0 saturated carbocycles. The Hall–Kier alpha value is -1.03. The Morgan fingerprint density at radius 2 is 2.11 bits per heavy atom. The molecule has 1 rings (SSSR count). The molecule has 1 aromatic heterocycles. The summed E-state index contributed by atoms with van der Waals surface area (Å²) in [5, 5.41) is 4.41. The molecular weight excluding hydrogens is 250 g/mol. The zero-order valence-electron chi connectivity index (χ0n) is 11.4. The average molecular weight is 272 g/mol. The minimum absolute atomic E-state index is 0.0338. The monoisotopic (exact) mass is 271 g/mol. The van der Waals surface area contributed by atoms with Crippen LogP contribution in [-0.2, 0) is 13.0 Å².